The van der Waals surface area contributed by atoms with Gasteiger partial charge in [-0.1, -0.05) is 41.9 Å². The Labute approximate surface area is 153 Å². The van der Waals surface area contributed by atoms with Crippen molar-refractivity contribution in [3.8, 4) is 5.75 Å². The van der Waals surface area contributed by atoms with Gasteiger partial charge >= 0.3 is 0 Å². The average Bonchev–Trinajstić information content (AvgIpc) is 2.88. The van der Waals surface area contributed by atoms with Crippen LogP contribution < -0.4 is 20.9 Å². The summed E-state index contributed by atoms with van der Waals surface area (Å²) in [5, 5.41) is 3.08. The fourth-order valence-corrected chi connectivity index (χ4v) is 3.93. The highest BCUT2D eigenvalue weighted by Crippen LogP contribution is 2.24. The first-order valence-corrected chi connectivity index (χ1v) is 9.43. The zero-order chi connectivity index (χ0) is 17.9. The summed E-state index contributed by atoms with van der Waals surface area (Å²) >= 11 is 3.65. The van der Waals surface area contributed by atoms with E-state index in [0.29, 0.717) is 5.92 Å². The zero-order valence-corrected chi connectivity index (χ0v) is 16.6. The van der Waals surface area contributed by atoms with Crippen molar-refractivity contribution in [2.24, 2.45) is 5.92 Å². The summed E-state index contributed by atoms with van der Waals surface area (Å²) in [6, 6.07) is 7.70. The van der Waals surface area contributed by atoms with Crippen molar-refractivity contribution >= 4 is 21.8 Å². The van der Waals surface area contributed by atoms with Gasteiger partial charge < -0.3 is 10.1 Å². The van der Waals surface area contributed by atoms with Crippen LogP contribution in [0.15, 0.2) is 24.3 Å². The van der Waals surface area contributed by atoms with Gasteiger partial charge in [-0.3, -0.25) is 10.2 Å². The molecule has 1 aromatic rings. The van der Waals surface area contributed by atoms with Crippen LogP contribution in [-0.4, -0.2) is 28.9 Å². The summed E-state index contributed by atoms with van der Waals surface area (Å²) < 4.78 is 5.72. The van der Waals surface area contributed by atoms with Gasteiger partial charge in [-0.15, -0.1) is 0 Å². The lowest BCUT2D eigenvalue weighted by atomic mass is 9.99. The molecule has 1 aromatic carbocycles. The fourth-order valence-electron chi connectivity index (χ4n) is 2.81. The number of hydrazine groups is 1. The van der Waals surface area contributed by atoms with E-state index < -0.39 is 0 Å². The molecule has 0 radical (unpaired) electrons. The van der Waals surface area contributed by atoms with Crippen LogP contribution >= 0.6 is 15.9 Å². The summed E-state index contributed by atoms with van der Waals surface area (Å²) in [5.74, 6) is 1.24. The van der Waals surface area contributed by atoms with E-state index in [4.69, 9.17) is 4.74 Å². The van der Waals surface area contributed by atoms with Gasteiger partial charge in [-0.05, 0) is 44.4 Å². The van der Waals surface area contributed by atoms with Crippen molar-refractivity contribution in [2.45, 2.75) is 63.7 Å². The van der Waals surface area contributed by atoms with Gasteiger partial charge in [0.15, 0.2) is 0 Å². The van der Waals surface area contributed by atoms with Crippen LogP contribution in [0.1, 0.15) is 46.2 Å². The van der Waals surface area contributed by atoms with E-state index in [1.54, 1.807) is 0 Å². The van der Waals surface area contributed by atoms with Gasteiger partial charge in [0, 0.05) is 6.04 Å². The van der Waals surface area contributed by atoms with Gasteiger partial charge in [-0.25, -0.2) is 5.43 Å². The Hall–Kier alpha value is -1.11. The molecule has 1 saturated heterocycles. The van der Waals surface area contributed by atoms with E-state index >= 15 is 0 Å². The van der Waals surface area contributed by atoms with Crippen molar-refractivity contribution in [1.29, 1.82) is 0 Å². The molecule has 2 rings (SSSR count). The lowest BCUT2D eigenvalue weighted by Gasteiger charge is -2.22. The molecule has 0 aliphatic carbocycles. The maximum atomic E-state index is 12.6. The normalized spacial score (nSPS) is 25.1. The molecule has 134 valence electrons. The smallest absolute Gasteiger partial charge is 0.240 e. The second kappa shape index (κ2) is 8.32. The van der Waals surface area contributed by atoms with Crippen molar-refractivity contribution in [2.75, 3.05) is 0 Å². The molecule has 3 N–H and O–H groups in total. The molecule has 0 saturated carbocycles. The summed E-state index contributed by atoms with van der Waals surface area (Å²) in [6.07, 6.45) is 0.126. The summed E-state index contributed by atoms with van der Waals surface area (Å²) in [4.78, 5) is 12.7. The molecule has 1 aliphatic rings. The van der Waals surface area contributed by atoms with Crippen LogP contribution in [0, 0.1) is 5.92 Å². The topological polar surface area (TPSA) is 62.4 Å². The molecular formula is C18H28BrN3O2. The minimum absolute atomic E-state index is 0.0183. The molecular weight excluding hydrogens is 370 g/mol. The third-order valence-corrected chi connectivity index (χ3v) is 5.25. The monoisotopic (exact) mass is 397 g/mol. The Morgan fingerprint density at radius 2 is 1.92 bits per heavy atom. The number of halogens is 1. The number of carbonyl (C=O) groups is 1. The van der Waals surface area contributed by atoms with Gasteiger partial charge in [0.1, 0.15) is 11.8 Å². The Bertz CT molecular complexity index is 565. The molecule has 1 amide bonds. The largest absolute Gasteiger partial charge is 0.491 e. The van der Waals surface area contributed by atoms with Crippen molar-refractivity contribution in [3.05, 3.63) is 29.8 Å². The Kier molecular flexibility index (Phi) is 6.66. The lowest BCUT2D eigenvalue weighted by molar-refractivity contribution is -0.123. The number of carbonyl (C=O) groups excluding carboxylic acids is 1. The molecule has 0 aromatic heterocycles. The van der Waals surface area contributed by atoms with Gasteiger partial charge in [0.05, 0.1) is 17.0 Å². The molecule has 24 heavy (non-hydrogen) atoms. The zero-order valence-electron chi connectivity index (χ0n) is 15.0. The molecule has 4 unspecified atom stereocenters. The highest BCUT2D eigenvalue weighted by Gasteiger charge is 2.39. The van der Waals surface area contributed by atoms with E-state index in [1.807, 2.05) is 45.0 Å². The fraction of sp³-hybridized carbons (Fsp3) is 0.611. The third kappa shape index (κ3) is 4.71. The number of nitrogens with one attached hydrogen (secondary N) is 3. The van der Waals surface area contributed by atoms with Gasteiger partial charge in [0.25, 0.3) is 0 Å². The maximum absolute atomic E-state index is 12.6. The number of benzene rings is 1. The van der Waals surface area contributed by atoms with Gasteiger partial charge in [0.2, 0.25) is 5.91 Å². The molecule has 0 spiro atoms. The van der Waals surface area contributed by atoms with Crippen molar-refractivity contribution in [3.63, 3.8) is 0 Å². The highest BCUT2D eigenvalue weighted by atomic mass is 79.9. The number of rotatable bonds is 6. The maximum Gasteiger partial charge on any atom is 0.240 e. The quantitative estimate of drug-likeness (QED) is 0.645. The Morgan fingerprint density at radius 3 is 2.50 bits per heavy atom. The van der Waals surface area contributed by atoms with Crippen LogP contribution in [0.3, 0.4) is 0 Å². The van der Waals surface area contributed by atoms with Crippen LogP contribution in [0.5, 0.6) is 5.75 Å². The Balaban J connectivity index is 1.99. The number of amides is 1. The number of hydrogen-bond acceptors (Lipinski definition) is 4. The minimum Gasteiger partial charge on any atom is -0.491 e. The predicted octanol–water partition coefficient (Wildman–Crippen LogP) is 2.92. The first-order chi connectivity index (χ1) is 11.3. The second-order valence-corrected chi connectivity index (χ2v) is 8.01. The molecule has 6 heteroatoms. The van der Waals surface area contributed by atoms with Crippen LogP contribution in [0.25, 0.3) is 0 Å². The van der Waals surface area contributed by atoms with Gasteiger partial charge in [-0.2, -0.15) is 0 Å². The molecule has 0 bridgehead atoms. The molecule has 1 heterocycles. The lowest BCUT2D eigenvalue weighted by Crippen LogP contribution is -2.46. The summed E-state index contributed by atoms with van der Waals surface area (Å²) in [7, 11) is 0. The van der Waals surface area contributed by atoms with Crippen LogP contribution in [0.2, 0.25) is 0 Å². The SMILES string of the molecule is CC(C)Oc1cccc(C(C)NC(=O)C2NNC(C(C)C)C2Br)c1. The van der Waals surface area contributed by atoms with Crippen LogP contribution in [-0.2, 0) is 4.79 Å². The van der Waals surface area contributed by atoms with Crippen molar-refractivity contribution in [1.82, 2.24) is 16.2 Å². The average molecular weight is 398 g/mol. The van der Waals surface area contributed by atoms with E-state index in [1.165, 1.54) is 0 Å². The first-order valence-electron chi connectivity index (χ1n) is 8.51. The Morgan fingerprint density at radius 1 is 1.21 bits per heavy atom. The second-order valence-electron chi connectivity index (χ2n) is 6.95. The highest BCUT2D eigenvalue weighted by molar-refractivity contribution is 9.09. The summed E-state index contributed by atoms with van der Waals surface area (Å²) in [6.45, 7) is 10.3. The minimum atomic E-state index is -0.296. The third-order valence-electron chi connectivity index (χ3n) is 4.16. The number of ether oxygens (including phenoxy) is 1. The van der Waals surface area contributed by atoms with E-state index in [-0.39, 0.29) is 35.0 Å². The molecule has 5 nitrogen and oxygen atoms in total. The number of hydrogen-bond donors (Lipinski definition) is 3. The van der Waals surface area contributed by atoms with E-state index in [9.17, 15) is 4.79 Å². The van der Waals surface area contributed by atoms with E-state index in [2.05, 4.69) is 45.9 Å². The van der Waals surface area contributed by atoms with Crippen molar-refractivity contribution < 1.29 is 9.53 Å². The number of alkyl halides is 1. The molecule has 1 fully saturated rings. The standard InChI is InChI=1S/C18H28BrN3O2/c1-10(2)16-15(19)17(22-21-16)18(23)20-12(5)13-7-6-8-14(9-13)24-11(3)4/h6-12,15-17,21-22H,1-5H3,(H,20,23). The molecule has 4 atom stereocenters. The summed E-state index contributed by atoms with van der Waals surface area (Å²) in [5.41, 5.74) is 7.33. The van der Waals surface area contributed by atoms with E-state index in [0.717, 1.165) is 11.3 Å². The first kappa shape index (κ1) is 19.2. The predicted molar refractivity (Wildman–Crippen MR) is 100 cm³/mol. The van der Waals surface area contributed by atoms with Crippen LogP contribution in [0.4, 0.5) is 0 Å². The molecule has 1 aliphatic heterocycles.